The number of aliphatic hydroxyl groups excluding tert-OH is 1. The van der Waals surface area contributed by atoms with Gasteiger partial charge >= 0.3 is 0 Å². The van der Waals surface area contributed by atoms with Crippen LogP contribution >= 0.6 is 0 Å². The van der Waals surface area contributed by atoms with Crippen molar-refractivity contribution in [3.63, 3.8) is 0 Å². The molecule has 1 unspecified atom stereocenters. The van der Waals surface area contributed by atoms with Gasteiger partial charge in [0, 0.05) is 6.54 Å². The third kappa shape index (κ3) is 5.30. The number of phenolic OH excluding ortho intramolecular Hbond substituents is 1. The summed E-state index contributed by atoms with van der Waals surface area (Å²) < 4.78 is 0. The number of aromatic hydroxyl groups is 1. The molecule has 0 aliphatic rings. The zero-order chi connectivity index (χ0) is 14.4. The molecule has 0 saturated heterocycles. The molecular formula is C15H23NO3. The first-order chi connectivity index (χ1) is 8.90. The van der Waals surface area contributed by atoms with Gasteiger partial charge in [0.05, 0.1) is 12.5 Å². The standard InChI is InChI=1S/C15H23NO3/c1-10(2)13(17)6-7-16-15(19)9-12-5-4-11(3)14(18)8-12/h4-5,8,10,13,17-18H,6-7,9H2,1-3H3,(H,16,19). The van der Waals surface area contributed by atoms with E-state index >= 15 is 0 Å². The Bertz CT molecular complexity index is 429. The Morgan fingerprint density at radius 1 is 1.37 bits per heavy atom. The Kier molecular flexibility index (Phi) is 5.83. The molecule has 3 N–H and O–H groups in total. The molecule has 19 heavy (non-hydrogen) atoms. The van der Waals surface area contributed by atoms with Gasteiger partial charge in [0.25, 0.3) is 0 Å². The lowest BCUT2D eigenvalue weighted by Crippen LogP contribution is -2.29. The number of carbonyl (C=O) groups excluding carboxylic acids is 1. The molecule has 1 amide bonds. The second-order valence-corrected chi connectivity index (χ2v) is 5.25. The summed E-state index contributed by atoms with van der Waals surface area (Å²) in [6.07, 6.45) is 0.414. The van der Waals surface area contributed by atoms with E-state index in [0.29, 0.717) is 13.0 Å². The molecule has 0 aromatic heterocycles. The van der Waals surface area contributed by atoms with Crippen LogP contribution in [-0.4, -0.2) is 28.8 Å². The number of amides is 1. The van der Waals surface area contributed by atoms with Gasteiger partial charge in [0.1, 0.15) is 5.75 Å². The van der Waals surface area contributed by atoms with Crippen LogP contribution in [0.25, 0.3) is 0 Å². The molecule has 0 bridgehead atoms. The summed E-state index contributed by atoms with van der Waals surface area (Å²) in [7, 11) is 0. The lowest BCUT2D eigenvalue weighted by Gasteiger charge is -2.14. The fraction of sp³-hybridized carbons (Fsp3) is 0.533. The van der Waals surface area contributed by atoms with Gasteiger partial charge in [-0.2, -0.15) is 0 Å². The highest BCUT2D eigenvalue weighted by atomic mass is 16.3. The van der Waals surface area contributed by atoms with Crippen LogP contribution in [0.5, 0.6) is 5.75 Å². The second-order valence-electron chi connectivity index (χ2n) is 5.25. The lowest BCUT2D eigenvalue weighted by molar-refractivity contribution is -0.120. The molecule has 0 aliphatic heterocycles. The van der Waals surface area contributed by atoms with Crippen molar-refractivity contribution in [1.29, 1.82) is 0 Å². The van der Waals surface area contributed by atoms with E-state index in [1.165, 1.54) is 0 Å². The number of hydrogen-bond donors (Lipinski definition) is 3. The summed E-state index contributed by atoms with van der Waals surface area (Å²) in [6.45, 7) is 6.17. The molecule has 1 atom stereocenters. The van der Waals surface area contributed by atoms with Crippen molar-refractivity contribution in [2.45, 2.75) is 39.7 Å². The monoisotopic (exact) mass is 265 g/mol. The minimum absolute atomic E-state index is 0.0980. The first kappa shape index (κ1) is 15.5. The normalized spacial score (nSPS) is 12.5. The average molecular weight is 265 g/mol. The van der Waals surface area contributed by atoms with Crippen LogP contribution < -0.4 is 5.32 Å². The second kappa shape index (κ2) is 7.14. The van der Waals surface area contributed by atoms with Crippen molar-refractivity contribution in [1.82, 2.24) is 5.32 Å². The van der Waals surface area contributed by atoms with Gasteiger partial charge in [0.15, 0.2) is 0 Å². The van der Waals surface area contributed by atoms with Gasteiger partial charge in [0.2, 0.25) is 5.91 Å². The maximum Gasteiger partial charge on any atom is 0.224 e. The number of phenols is 1. The fourth-order valence-corrected chi connectivity index (χ4v) is 1.71. The van der Waals surface area contributed by atoms with E-state index in [1.54, 1.807) is 12.1 Å². The summed E-state index contributed by atoms with van der Waals surface area (Å²) in [6, 6.07) is 5.23. The zero-order valence-corrected chi connectivity index (χ0v) is 11.8. The molecule has 0 aliphatic carbocycles. The van der Waals surface area contributed by atoms with Gasteiger partial charge in [-0.05, 0) is 36.5 Å². The lowest BCUT2D eigenvalue weighted by atomic mass is 10.0. The molecular weight excluding hydrogens is 242 g/mol. The van der Waals surface area contributed by atoms with Crippen molar-refractivity contribution in [3.8, 4) is 5.75 Å². The van der Waals surface area contributed by atoms with Crippen LogP contribution in [0.1, 0.15) is 31.4 Å². The van der Waals surface area contributed by atoms with E-state index in [0.717, 1.165) is 11.1 Å². The van der Waals surface area contributed by atoms with Crippen molar-refractivity contribution in [3.05, 3.63) is 29.3 Å². The number of rotatable bonds is 6. The van der Waals surface area contributed by atoms with Gasteiger partial charge in [-0.3, -0.25) is 4.79 Å². The van der Waals surface area contributed by atoms with Gasteiger partial charge < -0.3 is 15.5 Å². The number of aliphatic hydroxyl groups is 1. The molecule has 1 rings (SSSR count). The molecule has 0 heterocycles. The molecule has 0 fully saturated rings. The zero-order valence-electron chi connectivity index (χ0n) is 11.8. The minimum atomic E-state index is -0.385. The molecule has 0 spiro atoms. The van der Waals surface area contributed by atoms with Gasteiger partial charge in [-0.1, -0.05) is 26.0 Å². The van der Waals surface area contributed by atoms with Crippen molar-refractivity contribution in [2.75, 3.05) is 6.54 Å². The summed E-state index contributed by atoms with van der Waals surface area (Å²) in [5.41, 5.74) is 1.58. The SMILES string of the molecule is Cc1ccc(CC(=O)NCCC(O)C(C)C)cc1O. The molecule has 106 valence electrons. The van der Waals surface area contributed by atoms with Crippen molar-refractivity contribution >= 4 is 5.91 Å². The highest BCUT2D eigenvalue weighted by molar-refractivity contribution is 5.78. The highest BCUT2D eigenvalue weighted by Crippen LogP contribution is 2.17. The summed E-state index contributed by atoms with van der Waals surface area (Å²) >= 11 is 0. The first-order valence-corrected chi connectivity index (χ1v) is 6.63. The van der Waals surface area contributed by atoms with Crippen molar-refractivity contribution < 1.29 is 15.0 Å². The van der Waals surface area contributed by atoms with E-state index < -0.39 is 0 Å². The summed E-state index contributed by atoms with van der Waals surface area (Å²) in [5.74, 6) is 0.311. The average Bonchev–Trinajstić information content (AvgIpc) is 2.33. The molecule has 1 aromatic carbocycles. The van der Waals surface area contributed by atoms with E-state index in [1.807, 2.05) is 26.8 Å². The number of nitrogens with one attached hydrogen (secondary N) is 1. The predicted molar refractivity (Wildman–Crippen MR) is 75.0 cm³/mol. The molecule has 4 heteroatoms. The number of carbonyl (C=O) groups is 1. The number of benzene rings is 1. The fourth-order valence-electron chi connectivity index (χ4n) is 1.71. The van der Waals surface area contributed by atoms with Gasteiger partial charge in [-0.15, -0.1) is 0 Å². The Morgan fingerprint density at radius 3 is 2.63 bits per heavy atom. The van der Waals surface area contributed by atoms with Crippen LogP contribution in [0.2, 0.25) is 0 Å². The van der Waals surface area contributed by atoms with E-state index in [4.69, 9.17) is 0 Å². The molecule has 0 saturated carbocycles. The Balaban J connectivity index is 2.37. The van der Waals surface area contributed by atoms with E-state index in [9.17, 15) is 15.0 Å². The topological polar surface area (TPSA) is 69.6 Å². The van der Waals surface area contributed by atoms with Crippen molar-refractivity contribution in [2.24, 2.45) is 5.92 Å². The van der Waals surface area contributed by atoms with Crippen LogP contribution in [0.15, 0.2) is 18.2 Å². The van der Waals surface area contributed by atoms with Crippen LogP contribution in [0.4, 0.5) is 0 Å². The molecule has 1 aromatic rings. The number of aryl methyl sites for hydroxylation is 1. The summed E-state index contributed by atoms with van der Waals surface area (Å²) in [5, 5.41) is 21.9. The third-order valence-corrected chi connectivity index (χ3v) is 3.17. The Labute approximate surface area is 114 Å². The first-order valence-electron chi connectivity index (χ1n) is 6.63. The minimum Gasteiger partial charge on any atom is -0.508 e. The molecule has 0 radical (unpaired) electrons. The molecule has 4 nitrogen and oxygen atoms in total. The van der Waals surface area contributed by atoms with Crippen LogP contribution in [0.3, 0.4) is 0 Å². The third-order valence-electron chi connectivity index (χ3n) is 3.17. The maximum absolute atomic E-state index is 11.7. The summed E-state index contributed by atoms with van der Waals surface area (Å²) in [4.78, 5) is 11.7. The van der Waals surface area contributed by atoms with Crippen LogP contribution in [-0.2, 0) is 11.2 Å². The predicted octanol–water partition coefficient (Wildman–Crippen LogP) is 1.77. The van der Waals surface area contributed by atoms with E-state index in [-0.39, 0.29) is 30.1 Å². The Hall–Kier alpha value is -1.55. The maximum atomic E-state index is 11.7. The Morgan fingerprint density at radius 2 is 2.05 bits per heavy atom. The van der Waals surface area contributed by atoms with Gasteiger partial charge in [-0.25, -0.2) is 0 Å². The smallest absolute Gasteiger partial charge is 0.224 e. The van der Waals surface area contributed by atoms with E-state index in [2.05, 4.69) is 5.32 Å². The highest BCUT2D eigenvalue weighted by Gasteiger charge is 2.10. The largest absolute Gasteiger partial charge is 0.508 e. The number of hydrogen-bond acceptors (Lipinski definition) is 3. The van der Waals surface area contributed by atoms with Crippen LogP contribution in [0, 0.1) is 12.8 Å². The quantitative estimate of drug-likeness (QED) is 0.734.